The molecule has 7 nitrogen and oxygen atoms in total. The second-order valence-corrected chi connectivity index (χ2v) is 6.07. The summed E-state index contributed by atoms with van der Waals surface area (Å²) in [6.07, 6.45) is 0. The summed E-state index contributed by atoms with van der Waals surface area (Å²) in [5.74, 6) is -2.24. The van der Waals surface area contributed by atoms with E-state index in [1.807, 2.05) is 13.8 Å². The number of anilines is 1. The Bertz CT molecular complexity index is 902. The van der Waals surface area contributed by atoms with Crippen molar-refractivity contribution in [2.24, 2.45) is 0 Å². The predicted octanol–water partition coefficient (Wildman–Crippen LogP) is 2.82. The number of carbonyl (C=O) groups is 3. The molecule has 0 atom stereocenters. The van der Waals surface area contributed by atoms with Crippen LogP contribution in [0.5, 0.6) is 5.75 Å². The van der Waals surface area contributed by atoms with Crippen LogP contribution in [-0.2, 0) is 14.3 Å². The number of hydrogen-bond acceptors (Lipinski definition) is 5. The smallest absolute Gasteiger partial charge is 0.387 e. The van der Waals surface area contributed by atoms with E-state index < -0.39 is 37.5 Å². The topological polar surface area (TPSA) is 93.7 Å². The lowest BCUT2D eigenvalue weighted by atomic mass is 10.1. The van der Waals surface area contributed by atoms with Crippen molar-refractivity contribution in [2.45, 2.75) is 20.5 Å². The molecule has 0 saturated carbocycles. The molecule has 0 spiro atoms. The molecule has 0 aliphatic rings. The number of carbonyl (C=O) groups excluding carboxylic acids is 3. The standard InChI is InChI=1S/C20H20F2N2O5/c1-12-7-8-14(9-13(12)2)19(27)23-10-18(26)28-11-17(25)24-15-5-3-4-6-16(15)29-20(21)22/h3-9,20H,10-11H2,1-2H3,(H,23,27)(H,24,25). The molecular weight excluding hydrogens is 386 g/mol. The number of halogens is 2. The van der Waals surface area contributed by atoms with Gasteiger partial charge in [-0.1, -0.05) is 18.2 Å². The molecule has 0 radical (unpaired) electrons. The van der Waals surface area contributed by atoms with E-state index in [-0.39, 0.29) is 11.4 Å². The lowest BCUT2D eigenvalue weighted by molar-refractivity contribution is -0.146. The second kappa shape index (κ2) is 10.2. The first-order valence-electron chi connectivity index (χ1n) is 8.61. The van der Waals surface area contributed by atoms with Gasteiger partial charge in [0.05, 0.1) is 5.69 Å². The van der Waals surface area contributed by atoms with E-state index in [1.54, 1.807) is 18.2 Å². The third-order valence-corrected chi connectivity index (χ3v) is 3.90. The Hall–Kier alpha value is -3.49. The number of esters is 1. The van der Waals surface area contributed by atoms with Crippen molar-refractivity contribution in [3.8, 4) is 5.75 Å². The fourth-order valence-electron chi connectivity index (χ4n) is 2.29. The van der Waals surface area contributed by atoms with E-state index >= 15 is 0 Å². The van der Waals surface area contributed by atoms with Crippen LogP contribution in [0.4, 0.5) is 14.5 Å². The summed E-state index contributed by atoms with van der Waals surface area (Å²) in [6.45, 7) is -0.348. The molecule has 0 heterocycles. The van der Waals surface area contributed by atoms with Crippen molar-refractivity contribution in [3.05, 3.63) is 59.2 Å². The molecule has 0 fully saturated rings. The van der Waals surface area contributed by atoms with Crippen LogP contribution in [0, 0.1) is 13.8 Å². The summed E-state index contributed by atoms with van der Waals surface area (Å²) in [4.78, 5) is 35.6. The van der Waals surface area contributed by atoms with Gasteiger partial charge in [0.2, 0.25) is 0 Å². The van der Waals surface area contributed by atoms with Gasteiger partial charge in [-0.2, -0.15) is 8.78 Å². The van der Waals surface area contributed by atoms with Crippen molar-refractivity contribution in [3.63, 3.8) is 0 Å². The number of hydrogen-bond donors (Lipinski definition) is 2. The first-order valence-corrected chi connectivity index (χ1v) is 8.61. The van der Waals surface area contributed by atoms with Crippen molar-refractivity contribution >= 4 is 23.5 Å². The van der Waals surface area contributed by atoms with Gasteiger partial charge in [-0.3, -0.25) is 14.4 Å². The molecule has 0 aromatic heterocycles. The number of nitrogens with one attached hydrogen (secondary N) is 2. The summed E-state index contributed by atoms with van der Waals surface area (Å²) in [5.41, 5.74) is 2.38. The summed E-state index contributed by atoms with van der Waals surface area (Å²) >= 11 is 0. The molecule has 0 aliphatic heterocycles. The zero-order valence-corrected chi connectivity index (χ0v) is 15.8. The molecule has 2 amide bonds. The highest BCUT2D eigenvalue weighted by atomic mass is 19.3. The molecule has 29 heavy (non-hydrogen) atoms. The summed E-state index contributed by atoms with van der Waals surface area (Å²) in [5, 5.41) is 4.71. The molecule has 2 N–H and O–H groups in total. The van der Waals surface area contributed by atoms with E-state index in [0.717, 1.165) is 11.1 Å². The molecular formula is C20H20F2N2O5. The molecule has 2 rings (SSSR count). The van der Waals surface area contributed by atoms with Crippen molar-refractivity contribution in [1.82, 2.24) is 5.32 Å². The van der Waals surface area contributed by atoms with Gasteiger partial charge in [0.1, 0.15) is 12.3 Å². The Labute approximate surface area is 166 Å². The maximum absolute atomic E-state index is 12.4. The number of aryl methyl sites for hydroxylation is 2. The van der Waals surface area contributed by atoms with Gasteiger partial charge in [-0.15, -0.1) is 0 Å². The van der Waals surface area contributed by atoms with Gasteiger partial charge in [0.25, 0.3) is 11.8 Å². The fraction of sp³-hybridized carbons (Fsp3) is 0.250. The van der Waals surface area contributed by atoms with Crippen molar-refractivity contribution in [1.29, 1.82) is 0 Å². The molecule has 0 aliphatic carbocycles. The first-order chi connectivity index (χ1) is 13.8. The molecule has 0 unspecified atom stereocenters. The Balaban J connectivity index is 1.79. The summed E-state index contributed by atoms with van der Waals surface area (Å²) < 4.78 is 33.8. The summed E-state index contributed by atoms with van der Waals surface area (Å²) in [6, 6.07) is 10.7. The minimum Gasteiger partial charge on any atom is -0.454 e. The zero-order valence-electron chi connectivity index (χ0n) is 15.8. The van der Waals surface area contributed by atoms with Crippen LogP contribution in [0.2, 0.25) is 0 Å². The molecule has 0 saturated heterocycles. The van der Waals surface area contributed by atoms with E-state index in [2.05, 4.69) is 15.4 Å². The number of ether oxygens (including phenoxy) is 2. The average Bonchev–Trinajstić information content (AvgIpc) is 2.67. The molecule has 0 bridgehead atoms. The van der Waals surface area contributed by atoms with E-state index in [9.17, 15) is 23.2 Å². The zero-order chi connectivity index (χ0) is 21.4. The minimum atomic E-state index is -3.05. The second-order valence-electron chi connectivity index (χ2n) is 6.07. The van der Waals surface area contributed by atoms with Gasteiger partial charge >= 0.3 is 12.6 Å². The third kappa shape index (κ3) is 6.87. The SMILES string of the molecule is Cc1ccc(C(=O)NCC(=O)OCC(=O)Nc2ccccc2OC(F)F)cc1C. The first kappa shape index (κ1) is 21.8. The van der Waals surface area contributed by atoms with E-state index in [0.29, 0.717) is 5.56 Å². The number of benzene rings is 2. The number of para-hydroxylation sites is 2. The lowest BCUT2D eigenvalue weighted by Gasteiger charge is -2.12. The largest absolute Gasteiger partial charge is 0.454 e. The van der Waals surface area contributed by atoms with Crippen molar-refractivity contribution < 1.29 is 32.6 Å². The van der Waals surface area contributed by atoms with Crippen LogP contribution >= 0.6 is 0 Å². The minimum absolute atomic E-state index is 0.0110. The average molecular weight is 406 g/mol. The van der Waals surface area contributed by atoms with Gasteiger partial charge in [0, 0.05) is 5.56 Å². The maximum Gasteiger partial charge on any atom is 0.387 e. The van der Waals surface area contributed by atoms with Crippen LogP contribution < -0.4 is 15.4 Å². The van der Waals surface area contributed by atoms with Crippen LogP contribution in [-0.4, -0.2) is 37.5 Å². The van der Waals surface area contributed by atoms with Gasteiger partial charge in [-0.05, 0) is 49.2 Å². The third-order valence-electron chi connectivity index (χ3n) is 3.90. The molecule has 154 valence electrons. The Morgan fingerprint density at radius 1 is 1.03 bits per heavy atom. The monoisotopic (exact) mass is 406 g/mol. The molecule has 9 heteroatoms. The Morgan fingerprint density at radius 3 is 2.45 bits per heavy atom. The van der Waals surface area contributed by atoms with E-state index in [4.69, 9.17) is 4.74 Å². The highest BCUT2D eigenvalue weighted by Crippen LogP contribution is 2.25. The van der Waals surface area contributed by atoms with Crippen molar-refractivity contribution in [2.75, 3.05) is 18.5 Å². The maximum atomic E-state index is 12.4. The highest BCUT2D eigenvalue weighted by molar-refractivity contribution is 5.97. The lowest BCUT2D eigenvalue weighted by Crippen LogP contribution is -2.32. The Kier molecular flexibility index (Phi) is 7.64. The van der Waals surface area contributed by atoms with Crippen LogP contribution in [0.1, 0.15) is 21.5 Å². The van der Waals surface area contributed by atoms with Gasteiger partial charge < -0.3 is 20.1 Å². The van der Waals surface area contributed by atoms with Gasteiger partial charge in [0.15, 0.2) is 6.61 Å². The summed E-state index contributed by atoms with van der Waals surface area (Å²) in [7, 11) is 0. The quantitative estimate of drug-likeness (QED) is 0.658. The Morgan fingerprint density at radius 2 is 1.76 bits per heavy atom. The number of alkyl halides is 2. The molecule has 2 aromatic carbocycles. The number of rotatable bonds is 8. The van der Waals surface area contributed by atoms with Crippen LogP contribution in [0.15, 0.2) is 42.5 Å². The number of amides is 2. The van der Waals surface area contributed by atoms with Gasteiger partial charge in [-0.25, -0.2) is 0 Å². The normalized spacial score (nSPS) is 10.4. The van der Waals surface area contributed by atoms with E-state index in [1.165, 1.54) is 24.3 Å². The van der Waals surface area contributed by atoms with Crippen LogP contribution in [0.3, 0.4) is 0 Å². The van der Waals surface area contributed by atoms with Crippen LogP contribution in [0.25, 0.3) is 0 Å². The molecule has 2 aromatic rings. The predicted molar refractivity (Wildman–Crippen MR) is 101 cm³/mol. The highest BCUT2D eigenvalue weighted by Gasteiger charge is 2.14. The fourth-order valence-corrected chi connectivity index (χ4v) is 2.29.